The van der Waals surface area contributed by atoms with Gasteiger partial charge in [-0.3, -0.25) is 4.90 Å². The van der Waals surface area contributed by atoms with Crippen LogP contribution in [-0.4, -0.2) is 29.5 Å². The minimum atomic E-state index is 0.758. The van der Waals surface area contributed by atoms with E-state index < -0.39 is 0 Å². The standard InChI is InChI=1S/C14H23N3/c1-3-13-8-4-5-10-17(13)11-12-7-6-9-16-14(12)15-2/h6-7,9,13H,3-5,8,10-11H2,1-2H3,(H,15,16). The van der Waals surface area contributed by atoms with E-state index >= 15 is 0 Å². The van der Waals surface area contributed by atoms with E-state index in [2.05, 4.69) is 28.2 Å². The fourth-order valence-corrected chi connectivity index (χ4v) is 2.74. The topological polar surface area (TPSA) is 28.2 Å². The second kappa shape index (κ2) is 6.01. The fourth-order valence-electron chi connectivity index (χ4n) is 2.74. The maximum Gasteiger partial charge on any atom is 0.130 e. The average molecular weight is 233 g/mol. The van der Waals surface area contributed by atoms with Crippen LogP contribution >= 0.6 is 0 Å². The van der Waals surface area contributed by atoms with Gasteiger partial charge in [-0.15, -0.1) is 0 Å². The Morgan fingerprint density at radius 3 is 3.12 bits per heavy atom. The van der Waals surface area contributed by atoms with E-state index in [0.29, 0.717) is 0 Å². The van der Waals surface area contributed by atoms with Crippen molar-refractivity contribution in [3.63, 3.8) is 0 Å². The fraction of sp³-hybridized carbons (Fsp3) is 0.643. The van der Waals surface area contributed by atoms with Crippen LogP contribution in [0.15, 0.2) is 18.3 Å². The van der Waals surface area contributed by atoms with Crippen LogP contribution in [0.25, 0.3) is 0 Å². The van der Waals surface area contributed by atoms with Crippen molar-refractivity contribution in [1.29, 1.82) is 0 Å². The lowest BCUT2D eigenvalue weighted by atomic mass is 9.99. The first-order valence-corrected chi connectivity index (χ1v) is 6.70. The first-order valence-electron chi connectivity index (χ1n) is 6.70. The van der Waals surface area contributed by atoms with Gasteiger partial charge < -0.3 is 5.32 Å². The van der Waals surface area contributed by atoms with Crippen LogP contribution in [0, 0.1) is 0 Å². The molecule has 3 nitrogen and oxygen atoms in total. The molecule has 1 unspecified atom stereocenters. The summed E-state index contributed by atoms with van der Waals surface area (Å²) < 4.78 is 0. The molecule has 1 fully saturated rings. The molecule has 1 aliphatic heterocycles. The number of anilines is 1. The Labute approximate surface area is 104 Å². The third-order valence-electron chi connectivity index (χ3n) is 3.72. The molecule has 1 aromatic rings. The number of nitrogens with zero attached hydrogens (tertiary/aromatic N) is 2. The Balaban J connectivity index is 2.08. The van der Waals surface area contributed by atoms with Gasteiger partial charge in [0.05, 0.1) is 0 Å². The molecule has 1 aromatic heterocycles. The van der Waals surface area contributed by atoms with Crippen LogP contribution in [-0.2, 0) is 6.54 Å². The van der Waals surface area contributed by atoms with Gasteiger partial charge in [-0.25, -0.2) is 4.98 Å². The van der Waals surface area contributed by atoms with Crippen LogP contribution in [0.4, 0.5) is 5.82 Å². The molecule has 1 aliphatic rings. The highest BCUT2D eigenvalue weighted by Crippen LogP contribution is 2.23. The van der Waals surface area contributed by atoms with Crippen LogP contribution in [0.3, 0.4) is 0 Å². The summed E-state index contributed by atoms with van der Waals surface area (Å²) in [5.74, 6) is 1.02. The summed E-state index contributed by atoms with van der Waals surface area (Å²) in [4.78, 5) is 6.99. The first kappa shape index (κ1) is 12.4. The molecule has 0 radical (unpaired) electrons. The molecule has 0 amide bonds. The number of likely N-dealkylation sites (tertiary alicyclic amines) is 1. The predicted octanol–water partition coefficient (Wildman–Crippen LogP) is 2.89. The molecular weight excluding hydrogens is 210 g/mol. The molecule has 1 atom stereocenters. The van der Waals surface area contributed by atoms with Gasteiger partial charge in [0.15, 0.2) is 0 Å². The zero-order valence-electron chi connectivity index (χ0n) is 10.9. The normalized spacial score (nSPS) is 21.4. The molecule has 1 N–H and O–H groups in total. The first-order chi connectivity index (χ1) is 8.35. The number of hydrogen-bond donors (Lipinski definition) is 1. The Morgan fingerprint density at radius 2 is 2.35 bits per heavy atom. The van der Waals surface area contributed by atoms with Gasteiger partial charge in [-0.05, 0) is 31.9 Å². The number of hydrogen-bond acceptors (Lipinski definition) is 3. The van der Waals surface area contributed by atoms with E-state index in [1.54, 1.807) is 0 Å². The molecule has 0 aliphatic carbocycles. The van der Waals surface area contributed by atoms with Gasteiger partial charge in [0, 0.05) is 31.4 Å². The van der Waals surface area contributed by atoms with Crippen molar-refractivity contribution in [2.24, 2.45) is 0 Å². The second-order valence-corrected chi connectivity index (χ2v) is 4.79. The second-order valence-electron chi connectivity index (χ2n) is 4.79. The highest BCUT2D eigenvalue weighted by molar-refractivity contribution is 5.42. The zero-order chi connectivity index (χ0) is 12.1. The SMILES string of the molecule is CCC1CCCCN1Cc1cccnc1NC. The van der Waals surface area contributed by atoms with Gasteiger partial charge in [0.1, 0.15) is 5.82 Å². The van der Waals surface area contributed by atoms with Crippen LogP contribution < -0.4 is 5.32 Å². The van der Waals surface area contributed by atoms with E-state index in [1.165, 1.54) is 37.8 Å². The molecule has 0 saturated carbocycles. The lowest BCUT2D eigenvalue weighted by Gasteiger charge is -2.35. The van der Waals surface area contributed by atoms with Crippen LogP contribution in [0.2, 0.25) is 0 Å². The van der Waals surface area contributed by atoms with E-state index in [-0.39, 0.29) is 0 Å². The largest absolute Gasteiger partial charge is 0.373 e. The molecule has 0 bridgehead atoms. The predicted molar refractivity (Wildman–Crippen MR) is 72.1 cm³/mol. The Morgan fingerprint density at radius 1 is 1.47 bits per heavy atom. The van der Waals surface area contributed by atoms with Crippen LogP contribution in [0.1, 0.15) is 38.2 Å². The molecular formula is C14H23N3. The summed E-state index contributed by atoms with van der Waals surface area (Å²) in [7, 11) is 1.94. The zero-order valence-corrected chi connectivity index (χ0v) is 10.9. The molecule has 1 saturated heterocycles. The third-order valence-corrected chi connectivity index (χ3v) is 3.72. The maximum atomic E-state index is 4.38. The maximum absolute atomic E-state index is 4.38. The summed E-state index contributed by atoms with van der Waals surface area (Å²) in [6, 6.07) is 4.97. The van der Waals surface area contributed by atoms with Gasteiger partial charge in [-0.2, -0.15) is 0 Å². The summed E-state index contributed by atoms with van der Waals surface area (Å²) in [5.41, 5.74) is 1.32. The quantitative estimate of drug-likeness (QED) is 0.866. The number of aromatic nitrogens is 1. The molecule has 2 heterocycles. The molecule has 3 heteroatoms. The van der Waals surface area contributed by atoms with Gasteiger partial charge >= 0.3 is 0 Å². The number of pyridine rings is 1. The lowest BCUT2D eigenvalue weighted by Crippen LogP contribution is -2.38. The molecule has 94 valence electrons. The third kappa shape index (κ3) is 2.97. The number of nitrogens with one attached hydrogen (secondary N) is 1. The summed E-state index contributed by atoms with van der Waals surface area (Å²) in [6.07, 6.45) is 7.19. The van der Waals surface area contributed by atoms with E-state index in [9.17, 15) is 0 Å². The van der Waals surface area contributed by atoms with Crippen molar-refractivity contribution in [3.05, 3.63) is 23.9 Å². The van der Waals surface area contributed by atoms with Crippen molar-refractivity contribution < 1.29 is 0 Å². The average Bonchev–Trinajstić information content (AvgIpc) is 2.40. The minimum absolute atomic E-state index is 0.758. The van der Waals surface area contributed by atoms with Crippen molar-refractivity contribution in [2.45, 2.75) is 45.2 Å². The Kier molecular flexibility index (Phi) is 4.37. The van der Waals surface area contributed by atoms with Crippen molar-refractivity contribution in [1.82, 2.24) is 9.88 Å². The number of piperidine rings is 1. The van der Waals surface area contributed by atoms with Crippen molar-refractivity contribution in [3.8, 4) is 0 Å². The van der Waals surface area contributed by atoms with Crippen molar-refractivity contribution >= 4 is 5.82 Å². The smallest absolute Gasteiger partial charge is 0.130 e. The highest BCUT2D eigenvalue weighted by atomic mass is 15.2. The molecule has 2 rings (SSSR count). The highest BCUT2D eigenvalue weighted by Gasteiger charge is 2.21. The summed E-state index contributed by atoms with van der Waals surface area (Å²) in [5, 5.41) is 3.18. The van der Waals surface area contributed by atoms with E-state index in [0.717, 1.165) is 18.4 Å². The minimum Gasteiger partial charge on any atom is -0.373 e. The van der Waals surface area contributed by atoms with E-state index in [1.807, 2.05) is 19.3 Å². The Hall–Kier alpha value is -1.09. The van der Waals surface area contributed by atoms with Crippen LogP contribution in [0.5, 0.6) is 0 Å². The number of rotatable bonds is 4. The molecule has 0 aromatic carbocycles. The summed E-state index contributed by atoms with van der Waals surface area (Å²) >= 11 is 0. The lowest BCUT2D eigenvalue weighted by molar-refractivity contribution is 0.136. The molecule has 17 heavy (non-hydrogen) atoms. The summed E-state index contributed by atoms with van der Waals surface area (Å²) in [6.45, 7) is 4.56. The van der Waals surface area contributed by atoms with Gasteiger partial charge in [-0.1, -0.05) is 19.4 Å². The monoisotopic (exact) mass is 233 g/mol. The Bertz CT molecular complexity index is 351. The molecule has 0 spiro atoms. The van der Waals surface area contributed by atoms with Gasteiger partial charge in [0.25, 0.3) is 0 Å². The van der Waals surface area contributed by atoms with E-state index in [4.69, 9.17) is 0 Å². The van der Waals surface area contributed by atoms with Crippen molar-refractivity contribution in [2.75, 3.05) is 18.9 Å². The van der Waals surface area contributed by atoms with Gasteiger partial charge in [0.2, 0.25) is 0 Å².